The number of benzene rings is 1. The molecule has 0 aromatic heterocycles. The third kappa shape index (κ3) is 2.76. The van der Waals surface area contributed by atoms with Crippen LogP contribution in [0.2, 0.25) is 0 Å². The predicted octanol–water partition coefficient (Wildman–Crippen LogP) is 1.68. The second kappa shape index (κ2) is 5.75. The summed E-state index contributed by atoms with van der Waals surface area (Å²) in [5.41, 5.74) is -0.909. The third-order valence-electron chi connectivity index (χ3n) is 3.08. The molecule has 0 heterocycles. The Labute approximate surface area is 121 Å². The zero-order chi connectivity index (χ0) is 15.5. The van der Waals surface area contributed by atoms with Gasteiger partial charge in [-0.1, -0.05) is 30.3 Å². The van der Waals surface area contributed by atoms with E-state index in [4.69, 9.17) is 4.74 Å². The SMILES string of the molecule is COC(=O)C1=CC(=O)C(OC(C)=O)(c2ccccc2)C=C1. The summed E-state index contributed by atoms with van der Waals surface area (Å²) in [5, 5.41) is 0. The van der Waals surface area contributed by atoms with Gasteiger partial charge in [0.15, 0.2) is 0 Å². The van der Waals surface area contributed by atoms with Crippen LogP contribution in [0.4, 0.5) is 0 Å². The fourth-order valence-electron chi connectivity index (χ4n) is 2.12. The largest absolute Gasteiger partial charge is 0.465 e. The summed E-state index contributed by atoms with van der Waals surface area (Å²) in [5.74, 6) is -1.72. The summed E-state index contributed by atoms with van der Waals surface area (Å²) in [6.07, 6.45) is 3.95. The van der Waals surface area contributed by atoms with Crippen molar-refractivity contribution in [2.75, 3.05) is 7.11 Å². The van der Waals surface area contributed by atoms with Crippen molar-refractivity contribution in [2.45, 2.75) is 12.5 Å². The van der Waals surface area contributed by atoms with Gasteiger partial charge >= 0.3 is 11.9 Å². The third-order valence-corrected chi connectivity index (χ3v) is 3.08. The molecule has 0 radical (unpaired) electrons. The molecule has 0 aliphatic heterocycles. The van der Waals surface area contributed by atoms with E-state index in [9.17, 15) is 14.4 Å². The van der Waals surface area contributed by atoms with Crippen molar-refractivity contribution in [1.82, 2.24) is 0 Å². The lowest BCUT2D eigenvalue weighted by atomic mass is 9.84. The number of ether oxygens (including phenoxy) is 2. The monoisotopic (exact) mass is 286 g/mol. The Balaban J connectivity index is 2.48. The lowest BCUT2D eigenvalue weighted by molar-refractivity contribution is -0.159. The molecule has 0 N–H and O–H groups in total. The lowest BCUT2D eigenvalue weighted by Crippen LogP contribution is -2.39. The van der Waals surface area contributed by atoms with Crippen molar-refractivity contribution in [3.05, 3.63) is 59.7 Å². The number of hydrogen-bond donors (Lipinski definition) is 0. The first-order valence-electron chi connectivity index (χ1n) is 6.28. The Bertz CT molecular complexity index is 642. The van der Waals surface area contributed by atoms with Crippen molar-refractivity contribution in [3.63, 3.8) is 0 Å². The van der Waals surface area contributed by atoms with Crippen molar-refractivity contribution in [1.29, 1.82) is 0 Å². The maximum absolute atomic E-state index is 12.5. The van der Waals surface area contributed by atoms with E-state index in [2.05, 4.69) is 4.74 Å². The average molecular weight is 286 g/mol. The number of hydrogen-bond acceptors (Lipinski definition) is 5. The Morgan fingerprint density at radius 3 is 2.33 bits per heavy atom. The topological polar surface area (TPSA) is 69.7 Å². The Morgan fingerprint density at radius 2 is 1.81 bits per heavy atom. The van der Waals surface area contributed by atoms with E-state index >= 15 is 0 Å². The summed E-state index contributed by atoms with van der Waals surface area (Å²) < 4.78 is 9.84. The van der Waals surface area contributed by atoms with Gasteiger partial charge in [0.2, 0.25) is 11.4 Å². The fraction of sp³-hybridized carbons (Fsp3) is 0.188. The molecular weight excluding hydrogens is 272 g/mol. The van der Waals surface area contributed by atoms with Crippen LogP contribution >= 0.6 is 0 Å². The number of esters is 2. The minimum atomic E-state index is -1.54. The van der Waals surface area contributed by atoms with Crippen LogP contribution in [0.25, 0.3) is 0 Å². The standard InChI is InChI=1S/C16H14O5/c1-11(17)21-16(13-6-4-3-5-7-13)9-8-12(10-14(16)18)15(19)20-2/h3-10H,1-2H3. The van der Waals surface area contributed by atoms with E-state index in [1.165, 1.54) is 26.2 Å². The summed E-state index contributed by atoms with van der Waals surface area (Å²) >= 11 is 0. The highest BCUT2D eigenvalue weighted by atomic mass is 16.6. The van der Waals surface area contributed by atoms with Crippen molar-refractivity contribution in [2.24, 2.45) is 0 Å². The van der Waals surface area contributed by atoms with Crippen LogP contribution in [0.3, 0.4) is 0 Å². The predicted molar refractivity (Wildman–Crippen MR) is 74.1 cm³/mol. The average Bonchev–Trinajstić information content (AvgIpc) is 2.49. The van der Waals surface area contributed by atoms with E-state index in [-0.39, 0.29) is 5.57 Å². The van der Waals surface area contributed by atoms with E-state index in [0.717, 1.165) is 6.08 Å². The minimum Gasteiger partial charge on any atom is -0.465 e. The van der Waals surface area contributed by atoms with Gasteiger partial charge in [0.05, 0.1) is 12.7 Å². The number of carbonyl (C=O) groups is 3. The molecule has 0 saturated carbocycles. The molecule has 0 fully saturated rings. The molecule has 0 saturated heterocycles. The number of carbonyl (C=O) groups excluding carboxylic acids is 3. The number of ketones is 1. The van der Waals surface area contributed by atoms with Gasteiger partial charge in [0, 0.05) is 18.6 Å². The summed E-state index contributed by atoms with van der Waals surface area (Å²) in [7, 11) is 1.23. The molecule has 5 nitrogen and oxygen atoms in total. The normalized spacial score (nSPS) is 20.7. The molecule has 5 heteroatoms. The smallest absolute Gasteiger partial charge is 0.337 e. The van der Waals surface area contributed by atoms with Crippen LogP contribution in [-0.4, -0.2) is 24.8 Å². The fourth-order valence-corrected chi connectivity index (χ4v) is 2.12. The summed E-state index contributed by atoms with van der Waals surface area (Å²) in [4.78, 5) is 35.3. The zero-order valence-electron chi connectivity index (χ0n) is 11.7. The van der Waals surface area contributed by atoms with Gasteiger partial charge in [-0.25, -0.2) is 4.79 Å². The minimum absolute atomic E-state index is 0.112. The van der Waals surface area contributed by atoms with Crippen molar-refractivity contribution < 1.29 is 23.9 Å². The maximum Gasteiger partial charge on any atom is 0.337 e. The highest BCUT2D eigenvalue weighted by Crippen LogP contribution is 2.33. The Kier molecular flexibility index (Phi) is 4.03. The second-order valence-electron chi connectivity index (χ2n) is 4.48. The first-order valence-corrected chi connectivity index (χ1v) is 6.28. The van der Waals surface area contributed by atoms with Gasteiger partial charge in [0.1, 0.15) is 0 Å². The van der Waals surface area contributed by atoms with Crippen LogP contribution in [0.15, 0.2) is 54.1 Å². The van der Waals surface area contributed by atoms with E-state index in [1.807, 2.05) is 0 Å². The molecule has 0 spiro atoms. The zero-order valence-corrected chi connectivity index (χ0v) is 11.7. The van der Waals surface area contributed by atoms with Crippen LogP contribution in [-0.2, 0) is 29.5 Å². The Morgan fingerprint density at radius 1 is 1.14 bits per heavy atom. The molecule has 1 atom stereocenters. The van der Waals surface area contributed by atoms with E-state index in [1.54, 1.807) is 30.3 Å². The highest BCUT2D eigenvalue weighted by molar-refractivity contribution is 6.08. The van der Waals surface area contributed by atoms with Gasteiger partial charge in [-0.15, -0.1) is 0 Å². The van der Waals surface area contributed by atoms with Crippen LogP contribution in [0.5, 0.6) is 0 Å². The van der Waals surface area contributed by atoms with E-state index < -0.39 is 23.3 Å². The van der Waals surface area contributed by atoms with Gasteiger partial charge in [-0.3, -0.25) is 9.59 Å². The molecule has 1 aromatic carbocycles. The molecule has 1 unspecified atom stereocenters. The molecule has 0 bridgehead atoms. The lowest BCUT2D eigenvalue weighted by Gasteiger charge is -2.30. The summed E-state index contributed by atoms with van der Waals surface area (Å²) in [6.45, 7) is 1.23. The van der Waals surface area contributed by atoms with Crippen molar-refractivity contribution in [3.8, 4) is 0 Å². The summed E-state index contributed by atoms with van der Waals surface area (Å²) in [6, 6.07) is 8.63. The molecule has 1 aliphatic carbocycles. The van der Waals surface area contributed by atoms with Gasteiger partial charge in [-0.05, 0) is 12.2 Å². The van der Waals surface area contributed by atoms with E-state index in [0.29, 0.717) is 5.56 Å². The van der Waals surface area contributed by atoms with Crippen molar-refractivity contribution >= 4 is 17.7 Å². The molecule has 2 rings (SSSR count). The molecule has 21 heavy (non-hydrogen) atoms. The molecule has 108 valence electrons. The van der Waals surface area contributed by atoms with Crippen LogP contribution < -0.4 is 0 Å². The molecular formula is C16H14O5. The highest BCUT2D eigenvalue weighted by Gasteiger charge is 2.42. The Hall–Kier alpha value is -2.69. The number of rotatable bonds is 3. The molecule has 1 aromatic rings. The van der Waals surface area contributed by atoms with Crippen LogP contribution in [0, 0.1) is 0 Å². The quantitative estimate of drug-likeness (QED) is 0.791. The molecule has 1 aliphatic rings. The van der Waals surface area contributed by atoms with Gasteiger partial charge in [-0.2, -0.15) is 0 Å². The number of methoxy groups -OCH3 is 1. The maximum atomic E-state index is 12.5. The second-order valence-corrected chi connectivity index (χ2v) is 4.48. The van der Waals surface area contributed by atoms with Crippen LogP contribution in [0.1, 0.15) is 12.5 Å². The first-order chi connectivity index (χ1) is 9.99. The first kappa shape index (κ1) is 14.7. The van der Waals surface area contributed by atoms with Gasteiger partial charge in [0.25, 0.3) is 0 Å². The molecule has 0 amide bonds. The van der Waals surface area contributed by atoms with Gasteiger partial charge < -0.3 is 9.47 Å².